The Hall–Kier alpha value is -0.100. The minimum atomic E-state index is 0.128. The van der Waals surface area contributed by atoms with E-state index in [1.165, 1.54) is 0 Å². The Labute approximate surface area is 137 Å². The van der Waals surface area contributed by atoms with Crippen LogP contribution >= 0.6 is 31.9 Å². The predicted octanol–water partition coefficient (Wildman–Crippen LogP) is 4.14. The molecule has 0 amide bonds. The number of hydrogen-bond donors (Lipinski definition) is 1. The van der Waals surface area contributed by atoms with Gasteiger partial charge in [-0.15, -0.1) is 0 Å². The summed E-state index contributed by atoms with van der Waals surface area (Å²) in [6, 6.07) is 6.37. The Morgan fingerprint density at radius 1 is 1.30 bits per heavy atom. The molecule has 1 saturated carbocycles. The van der Waals surface area contributed by atoms with E-state index in [9.17, 15) is 0 Å². The standard InChI is InChI=1S/C15H21Br2NO2/c1-3-7-19-15-12(18-4-2)9-14(15)20-13-6-5-10(16)8-11(13)17/h5-6,8,12,14-15,18H,3-4,7,9H2,1-2H3. The zero-order valence-electron chi connectivity index (χ0n) is 11.9. The molecule has 0 aromatic heterocycles. The summed E-state index contributed by atoms with van der Waals surface area (Å²) < 4.78 is 14.0. The second kappa shape index (κ2) is 7.78. The van der Waals surface area contributed by atoms with E-state index >= 15 is 0 Å². The number of ether oxygens (including phenoxy) is 2. The van der Waals surface area contributed by atoms with Crippen LogP contribution in [0.3, 0.4) is 0 Å². The maximum atomic E-state index is 6.09. The van der Waals surface area contributed by atoms with Crippen molar-refractivity contribution in [1.82, 2.24) is 5.32 Å². The van der Waals surface area contributed by atoms with Crippen molar-refractivity contribution < 1.29 is 9.47 Å². The molecule has 5 heteroatoms. The van der Waals surface area contributed by atoms with Crippen molar-refractivity contribution >= 4 is 31.9 Å². The number of likely N-dealkylation sites (N-methyl/N-ethyl adjacent to an activating group) is 1. The minimum absolute atomic E-state index is 0.128. The van der Waals surface area contributed by atoms with Gasteiger partial charge in [-0.1, -0.05) is 29.8 Å². The fourth-order valence-corrected chi connectivity index (χ4v) is 3.51. The molecule has 0 heterocycles. The van der Waals surface area contributed by atoms with Gasteiger partial charge in [-0.2, -0.15) is 0 Å². The molecule has 20 heavy (non-hydrogen) atoms. The average Bonchev–Trinajstić information content (AvgIpc) is 2.40. The van der Waals surface area contributed by atoms with Crippen molar-refractivity contribution in [1.29, 1.82) is 0 Å². The molecule has 1 aromatic rings. The lowest BCUT2D eigenvalue weighted by molar-refractivity contribution is -0.107. The van der Waals surface area contributed by atoms with Gasteiger partial charge in [-0.05, 0) is 47.1 Å². The molecule has 0 aliphatic heterocycles. The molecule has 0 spiro atoms. The van der Waals surface area contributed by atoms with Crippen LogP contribution in [-0.4, -0.2) is 31.4 Å². The van der Waals surface area contributed by atoms with E-state index < -0.39 is 0 Å². The topological polar surface area (TPSA) is 30.5 Å². The van der Waals surface area contributed by atoms with Crippen LogP contribution in [0.4, 0.5) is 0 Å². The van der Waals surface area contributed by atoms with Crippen LogP contribution in [0.2, 0.25) is 0 Å². The Kier molecular flexibility index (Phi) is 6.33. The van der Waals surface area contributed by atoms with E-state index in [0.717, 1.165) is 40.7 Å². The van der Waals surface area contributed by atoms with Crippen molar-refractivity contribution in [3.63, 3.8) is 0 Å². The zero-order chi connectivity index (χ0) is 14.5. The van der Waals surface area contributed by atoms with Crippen LogP contribution in [0.1, 0.15) is 26.7 Å². The Balaban J connectivity index is 1.97. The van der Waals surface area contributed by atoms with Gasteiger partial charge in [0.2, 0.25) is 0 Å². The lowest BCUT2D eigenvalue weighted by Crippen LogP contribution is -2.61. The van der Waals surface area contributed by atoms with E-state index in [1.54, 1.807) is 0 Å². The van der Waals surface area contributed by atoms with Crippen LogP contribution in [0.15, 0.2) is 27.1 Å². The van der Waals surface area contributed by atoms with Gasteiger partial charge in [-0.3, -0.25) is 0 Å². The van der Waals surface area contributed by atoms with Gasteiger partial charge in [0.05, 0.1) is 4.47 Å². The summed E-state index contributed by atoms with van der Waals surface area (Å²) in [6.07, 6.45) is 2.29. The normalized spacial score (nSPS) is 25.3. The molecule has 0 bridgehead atoms. The molecule has 2 rings (SSSR count). The Bertz CT molecular complexity index is 442. The maximum Gasteiger partial charge on any atom is 0.134 e. The highest BCUT2D eigenvalue weighted by Gasteiger charge is 2.43. The van der Waals surface area contributed by atoms with Gasteiger partial charge in [0.1, 0.15) is 18.0 Å². The van der Waals surface area contributed by atoms with Crippen molar-refractivity contribution in [2.75, 3.05) is 13.2 Å². The van der Waals surface area contributed by atoms with Crippen LogP contribution in [0, 0.1) is 0 Å². The molecular weight excluding hydrogens is 386 g/mol. The van der Waals surface area contributed by atoms with E-state index in [-0.39, 0.29) is 12.2 Å². The summed E-state index contributed by atoms with van der Waals surface area (Å²) in [5.74, 6) is 0.873. The van der Waals surface area contributed by atoms with E-state index in [4.69, 9.17) is 9.47 Å². The minimum Gasteiger partial charge on any atom is -0.486 e. The molecule has 1 aliphatic rings. The van der Waals surface area contributed by atoms with Crippen molar-refractivity contribution in [3.05, 3.63) is 27.1 Å². The number of halogens is 2. The number of benzene rings is 1. The van der Waals surface area contributed by atoms with Gasteiger partial charge < -0.3 is 14.8 Å². The van der Waals surface area contributed by atoms with E-state index in [0.29, 0.717) is 6.04 Å². The molecule has 112 valence electrons. The monoisotopic (exact) mass is 405 g/mol. The summed E-state index contributed by atoms with van der Waals surface area (Å²) in [4.78, 5) is 0. The van der Waals surface area contributed by atoms with Gasteiger partial charge in [-0.25, -0.2) is 0 Å². The highest BCUT2D eigenvalue weighted by Crippen LogP contribution is 2.34. The lowest BCUT2D eigenvalue weighted by atomic mass is 9.85. The molecule has 1 N–H and O–H groups in total. The van der Waals surface area contributed by atoms with Gasteiger partial charge in [0.25, 0.3) is 0 Å². The summed E-state index contributed by atoms with van der Waals surface area (Å²) >= 11 is 6.99. The third-order valence-electron chi connectivity index (χ3n) is 3.40. The van der Waals surface area contributed by atoms with E-state index in [1.807, 2.05) is 18.2 Å². The summed E-state index contributed by atoms with van der Waals surface area (Å²) in [5.41, 5.74) is 0. The van der Waals surface area contributed by atoms with Crippen LogP contribution in [-0.2, 0) is 4.74 Å². The van der Waals surface area contributed by atoms with Crippen molar-refractivity contribution in [2.45, 2.75) is 44.9 Å². The Morgan fingerprint density at radius 3 is 2.75 bits per heavy atom. The van der Waals surface area contributed by atoms with Crippen molar-refractivity contribution in [2.24, 2.45) is 0 Å². The lowest BCUT2D eigenvalue weighted by Gasteiger charge is -2.44. The van der Waals surface area contributed by atoms with Crippen LogP contribution < -0.4 is 10.1 Å². The summed E-state index contributed by atoms with van der Waals surface area (Å²) in [6.45, 7) is 6.00. The first-order valence-corrected chi connectivity index (χ1v) is 8.71. The largest absolute Gasteiger partial charge is 0.486 e. The summed E-state index contributed by atoms with van der Waals surface area (Å²) in [7, 11) is 0. The fraction of sp³-hybridized carbons (Fsp3) is 0.600. The second-order valence-electron chi connectivity index (χ2n) is 4.97. The molecule has 1 aromatic carbocycles. The SMILES string of the molecule is CCCOC1C(NCC)CC1Oc1ccc(Br)cc1Br. The molecule has 1 aliphatic carbocycles. The fourth-order valence-electron chi connectivity index (χ4n) is 2.37. The highest BCUT2D eigenvalue weighted by atomic mass is 79.9. The molecule has 3 atom stereocenters. The first kappa shape index (κ1) is 16.3. The third-order valence-corrected chi connectivity index (χ3v) is 4.52. The second-order valence-corrected chi connectivity index (χ2v) is 6.74. The van der Waals surface area contributed by atoms with E-state index in [2.05, 4.69) is 51.0 Å². The number of nitrogens with one attached hydrogen (secondary N) is 1. The summed E-state index contributed by atoms with van der Waals surface area (Å²) in [5, 5.41) is 3.46. The molecular formula is C15H21Br2NO2. The first-order valence-electron chi connectivity index (χ1n) is 7.12. The van der Waals surface area contributed by atoms with Gasteiger partial charge >= 0.3 is 0 Å². The first-order chi connectivity index (χ1) is 9.65. The van der Waals surface area contributed by atoms with Crippen molar-refractivity contribution in [3.8, 4) is 5.75 Å². The third kappa shape index (κ3) is 3.97. The van der Waals surface area contributed by atoms with Gasteiger partial charge in [0, 0.05) is 23.5 Å². The Morgan fingerprint density at radius 2 is 2.10 bits per heavy atom. The molecule has 3 unspecified atom stereocenters. The quantitative estimate of drug-likeness (QED) is 0.738. The van der Waals surface area contributed by atoms with Gasteiger partial charge in [0.15, 0.2) is 0 Å². The molecule has 0 saturated heterocycles. The van der Waals surface area contributed by atoms with Crippen LogP contribution in [0.5, 0.6) is 5.75 Å². The number of rotatable bonds is 7. The molecule has 0 radical (unpaired) electrons. The zero-order valence-corrected chi connectivity index (χ0v) is 15.0. The smallest absolute Gasteiger partial charge is 0.134 e. The molecule has 3 nitrogen and oxygen atoms in total. The average molecular weight is 407 g/mol. The predicted molar refractivity (Wildman–Crippen MR) is 88.4 cm³/mol. The highest BCUT2D eigenvalue weighted by molar-refractivity contribution is 9.11. The molecule has 1 fully saturated rings. The number of hydrogen-bond acceptors (Lipinski definition) is 3. The van der Waals surface area contributed by atoms with Crippen LogP contribution in [0.25, 0.3) is 0 Å². The maximum absolute atomic E-state index is 6.09.